The summed E-state index contributed by atoms with van der Waals surface area (Å²) in [5.41, 5.74) is 0. The average molecular weight is 300 g/mol. The maximum atomic E-state index is 11.9. The molecule has 0 aromatic heterocycles. The fraction of sp³-hybridized carbons (Fsp3) is 0.667. The number of amides is 4. The van der Waals surface area contributed by atoms with E-state index in [1.165, 1.54) is 4.90 Å². The molecule has 1 N–H and O–H groups in total. The first kappa shape index (κ1) is 16.5. The van der Waals surface area contributed by atoms with E-state index in [2.05, 4.69) is 5.32 Å². The predicted octanol–water partition coefficient (Wildman–Crippen LogP) is -0.382. The Morgan fingerprint density at radius 1 is 1.40 bits per heavy atom. The van der Waals surface area contributed by atoms with E-state index in [0.29, 0.717) is 25.3 Å². The topological polar surface area (TPSA) is 86.8 Å². The van der Waals surface area contributed by atoms with Crippen molar-refractivity contribution in [3.63, 3.8) is 0 Å². The van der Waals surface area contributed by atoms with Crippen LogP contribution < -0.4 is 5.32 Å². The van der Waals surface area contributed by atoms with Gasteiger partial charge in [0.25, 0.3) is 0 Å². The highest BCUT2D eigenvalue weighted by molar-refractivity contribution is 7.98. The Labute approximate surface area is 122 Å². The Morgan fingerprint density at radius 2 is 2.10 bits per heavy atom. The van der Waals surface area contributed by atoms with Gasteiger partial charge in [0, 0.05) is 19.6 Å². The van der Waals surface area contributed by atoms with Crippen LogP contribution in [0.4, 0.5) is 4.79 Å². The van der Waals surface area contributed by atoms with E-state index >= 15 is 0 Å². The van der Waals surface area contributed by atoms with Gasteiger partial charge in [-0.05, 0) is 25.4 Å². The second kappa shape index (κ2) is 7.88. The first-order valence-electron chi connectivity index (χ1n) is 6.33. The van der Waals surface area contributed by atoms with Gasteiger partial charge in [-0.3, -0.25) is 19.3 Å². The number of nitrogens with one attached hydrogen (secondary N) is 1. The second-order valence-corrected chi connectivity index (χ2v) is 5.23. The van der Waals surface area contributed by atoms with Crippen molar-refractivity contribution >= 4 is 35.9 Å². The quantitative estimate of drug-likeness (QED) is 0.676. The minimum Gasteiger partial charge on any atom is -0.333 e. The zero-order valence-corrected chi connectivity index (χ0v) is 12.4. The number of carbonyl (C=O) groups excluding carboxylic acids is 4. The Hall–Kier alpha value is -1.57. The van der Waals surface area contributed by atoms with Gasteiger partial charge in [0.05, 0.1) is 6.04 Å². The standard InChI is InChI=1S/C12H18N3O4S/c1-3-14-5-6-15(11(18)10(14)17)12(19)13-9(8-16)4-7-20-2/h9H,3-7H2,1-2H3,(H,13,19)/t9-/m1/s1. The predicted molar refractivity (Wildman–Crippen MR) is 75.0 cm³/mol. The molecular weight excluding hydrogens is 282 g/mol. The fourth-order valence-corrected chi connectivity index (χ4v) is 2.26. The molecule has 1 radical (unpaired) electrons. The molecule has 0 unspecified atom stereocenters. The van der Waals surface area contributed by atoms with E-state index < -0.39 is 23.9 Å². The van der Waals surface area contributed by atoms with E-state index in [4.69, 9.17) is 0 Å². The molecule has 0 aromatic rings. The third-order valence-electron chi connectivity index (χ3n) is 2.99. The smallest absolute Gasteiger partial charge is 0.325 e. The number of nitrogens with zero attached hydrogens (tertiary/aromatic N) is 2. The van der Waals surface area contributed by atoms with Gasteiger partial charge >= 0.3 is 17.8 Å². The van der Waals surface area contributed by atoms with E-state index in [1.807, 2.05) is 6.26 Å². The number of imide groups is 1. The minimum atomic E-state index is -0.856. The lowest BCUT2D eigenvalue weighted by Gasteiger charge is -2.32. The molecule has 1 rings (SSSR count). The van der Waals surface area contributed by atoms with Gasteiger partial charge in [0.15, 0.2) is 0 Å². The monoisotopic (exact) mass is 300 g/mol. The highest BCUT2D eigenvalue weighted by atomic mass is 32.2. The van der Waals surface area contributed by atoms with Crippen molar-refractivity contribution < 1.29 is 19.2 Å². The third-order valence-corrected chi connectivity index (χ3v) is 3.63. The molecule has 1 saturated heterocycles. The molecule has 7 nitrogen and oxygen atoms in total. The summed E-state index contributed by atoms with van der Waals surface area (Å²) in [6, 6.07) is -1.48. The van der Waals surface area contributed by atoms with Crippen molar-refractivity contribution in [3.05, 3.63) is 0 Å². The molecule has 1 atom stereocenters. The molecule has 1 aliphatic rings. The van der Waals surface area contributed by atoms with Crippen LogP contribution in [0.25, 0.3) is 0 Å². The molecule has 0 spiro atoms. The lowest BCUT2D eigenvalue weighted by atomic mass is 10.2. The van der Waals surface area contributed by atoms with E-state index in [-0.39, 0.29) is 6.54 Å². The second-order valence-electron chi connectivity index (χ2n) is 4.24. The average Bonchev–Trinajstić information content (AvgIpc) is 2.45. The van der Waals surface area contributed by atoms with Crippen LogP contribution in [0, 0.1) is 0 Å². The van der Waals surface area contributed by atoms with Crippen molar-refractivity contribution in [1.82, 2.24) is 15.1 Å². The molecule has 0 saturated carbocycles. The van der Waals surface area contributed by atoms with E-state index in [9.17, 15) is 19.2 Å². The SMILES string of the molecule is CCN1CCN(C(=O)N[C@@H]([C]=O)CCSC)C(=O)C1=O. The Bertz CT molecular complexity index is 402. The fourth-order valence-electron chi connectivity index (χ4n) is 1.79. The molecule has 4 amide bonds. The van der Waals surface area contributed by atoms with Crippen molar-refractivity contribution in [2.45, 2.75) is 19.4 Å². The molecule has 0 bridgehead atoms. The van der Waals surface area contributed by atoms with Crippen LogP contribution in [-0.4, -0.2) is 71.6 Å². The van der Waals surface area contributed by atoms with Gasteiger partial charge in [-0.1, -0.05) is 0 Å². The molecule has 111 valence electrons. The normalized spacial score (nSPS) is 17.1. The van der Waals surface area contributed by atoms with Gasteiger partial charge in [-0.15, -0.1) is 0 Å². The number of hydrogen-bond acceptors (Lipinski definition) is 5. The number of carbonyl (C=O) groups is 3. The van der Waals surface area contributed by atoms with Crippen LogP contribution in [0.3, 0.4) is 0 Å². The van der Waals surface area contributed by atoms with Crippen LogP contribution >= 0.6 is 11.8 Å². The van der Waals surface area contributed by atoms with Crippen LogP contribution in [-0.2, 0) is 14.4 Å². The Kier molecular flexibility index (Phi) is 6.50. The first-order chi connectivity index (χ1) is 9.54. The molecule has 20 heavy (non-hydrogen) atoms. The van der Waals surface area contributed by atoms with Crippen LogP contribution in [0.1, 0.15) is 13.3 Å². The Balaban J connectivity index is 2.61. The van der Waals surface area contributed by atoms with E-state index in [0.717, 1.165) is 4.90 Å². The summed E-state index contributed by atoms with van der Waals surface area (Å²) in [4.78, 5) is 48.4. The summed E-state index contributed by atoms with van der Waals surface area (Å²) in [6.07, 6.45) is 4.05. The summed E-state index contributed by atoms with van der Waals surface area (Å²) >= 11 is 1.54. The molecule has 1 heterocycles. The van der Waals surface area contributed by atoms with Gasteiger partial charge in [0.2, 0.25) is 6.29 Å². The molecule has 0 aliphatic carbocycles. The number of urea groups is 1. The zero-order chi connectivity index (χ0) is 15.1. The van der Waals surface area contributed by atoms with E-state index in [1.54, 1.807) is 25.0 Å². The number of rotatable bonds is 6. The van der Waals surface area contributed by atoms with Crippen molar-refractivity contribution in [2.24, 2.45) is 0 Å². The summed E-state index contributed by atoms with van der Waals surface area (Å²) in [7, 11) is 0. The highest BCUT2D eigenvalue weighted by Gasteiger charge is 2.35. The van der Waals surface area contributed by atoms with Gasteiger partial charge in [0.1, 0.15) is 0 Å². The maximum absolute atomic E-state index is 11.9. The number of thioether (sulfide) groups is 1. The largest absolute Gasteiger partial charge is 0.333 e. The Morgan fingerprint density at radius 3 is 2.65 bits per heavy atom. The third kappa shape index (κ3) is 3.96. The number of hydrogen-bond donors (Lipinski definition) is 1. The summed E-state index contributed by atoms with van der Waals surface area (Å²) in [5.74, 6) is -0.855. The number of likely N-dealkylation sites (N-methyl/N-ethyl adjacent to an activating group) is 1. The molecule has 1 aliphatic heterocycles. The maximum Gasteiger partial charge on any atom is 0.325 e. The molecule has 8 heteroatoms. The highest BCUT2D eigenvalue weighted by Crippen LogP contribution is 2.06. The van der Waals surface area contributed by atoms with Crippen molar-refractivity contribution in [1.29, 1.82) is 0 Å². The lowest BCUT2D eigenvalue weighted by molar-refractivity contribution is -0.153. The number of piperazine rings is 1. The van der Waals surface area contributed by atoms with Gasteiger partial charge in [-0.2, -0.15) is 11.8 Å². The first-order valence-corrected chi connectivity index (χ1v) is 7.72. The van der Waals surface area contributed by atoms with Crippen LogP contribution in [0.15, 0.2) is 0 Å². The molecule has 1 fully saturated rings. The van der Waals surface area contributed by atoms with Crippen molar-refractivity contribution in [3.8, 4) is 0 Å². The minimum absolute atomic E-state index is 0.137. The van der Waals surface area contributed by atoms with Gasteiger partial charge in [-0.25, -0.2) is 4.79 Å². The molecular formula is C12H18N3O4S. The summed E-state index contributed by atoms with van der Waals surface area (Å²) in [6.45, 7) is 2.65. The summed E-state index contributed by atoms with van der Waals surface area (Å²) in [5, 5.41) is 2.41. The van der Waals surface area contributed by atoms with Crippen LogP contribution in [0.5, 0.6) is 0 Å². The summed E-state index contributed by atoms with van der Waals surface area (Å²) < 4.78 is 0. The lowest BCUT2D eigenvalue weighted by Crippen LogP contribution is -2.59. The zero-order valence-electron chi connectivity index (χ0n) is 11.5. The van der Waals surface area contributed by atoms with Crippen LogP contribution in [0.2, 0.25) is 0 Å². The molecule has 0 aromatic carbocycles. The van der Waals surface area contributed by atoms with Crippen molar-refractivity contribution in [2.75, 3.05) is 31.6 Å². The van der Waals surface area contributed by atoms with Gasteiger partial charge < -0.3 is 10.2 Å².